The van der Waals surface area contributed by atoms with Crippen LogP contribution >= 0.6 is 0 Å². The molecule has 0 aromatic carbocycles. The van der Waals surface area contributed by atoms with Crippen LogP contribution in [0.5, 0.6) is 0 Å². The van der Waals surface area contributed by atoms with Crippen LogP contribution in [0.3, 0.4) is 0 Å². The van der Waals surface area contributed by atoms with Crippen LogP contribution in [0.1, 0.15) is 20.3 Å². The van der Waals surface area contributed by atoms with E-state index in [9.17, 15) is 4.79 Å². The highest BCUT2D eigenvalue weighted by molar-refractivity contribution is 5.78. The predicted molar refractivity (Wildman–Crippen MR) is 61.8 cm³/mol. The highest BCUT2D eigenvalue weighted by atomic mass is 16.2. The first-order valence-electron chi connectivity index (χ1n) is 5.83. The summed E-state index contributed by atoms with van der Waals surface area (Å²) in [5, 5.41) is 3.24. The number of likely N-dealkylation sites (N-methyl/N-ethyl adjacent to an activating group) is 1. The number of nitrogens with one attached hydrogen (secondary N) is 1. The Hall–Kier alpha value is -0.610. The maximum Gasteiger partial charge on any atom is 0.236 e. The van der Waals surface area contributed by atoms with Crippen molar-refractivity contribution in [3.05, 3.63) is 0 Å². The van der Waals surface area contributed by atoms with Crippen molar-refractivity contribution in [1.82, 2.24) is 15.1 Å². The molecule has 0 aromatic heterocycles. The average molecular weight is 213 g/mol. The number of piperazine rings is 1. The second-order valence-corrected chi connectivity index (χ2v) is 4.37. The quantitative estimate of drug-likeness (QED) is 0.722. The Labute approximate surface area is 92.6 Å². The summed E-state index contributed by atoms with van der Waals surface area (Å²) in [5.74, 6) is 0.239. The number of hydrogen-bond donors (Lipinski definition) is 1. The highest BCUT2D eigenvalue weighted by Crippen LogP contribution is 1.99. The molecular formula is C11H23N3O. The summed E-state index contributed by atoms with van der Waals surface area (Å²) in [6.45, 7) is 8.45. The van der Waals surface area contributed by atoms with Crippen LogP contribution in [0.4, 0.5) is 0 Å². The van der Waals surface area contributed by atoms with E-state index < -0.39 is 0 Å². The van der Waals surface area contributed by atoms with Gasteiger partial charge < -0.3 is 15.1 Å². The fourth-order valence-electron chi connectivity index (χ4n) is 1.57. The van der Waals surface area contributed by atoms with Gasteiger partial charge in [-0.3, -0.25) is 4.79 Å². The normalized spacial score (nSPS) is 20.3. The number of nitrogens with zero attached hydrogens (tertiary/aromatic N) is 2. The van der Waals surface area contributed by atoms with Gasteiger partial charge in [-0.2, -0.15) is 0 Å². The number of carbonyl (C=O) groups is 1. The molecule has 1 N–H and O–H groups in total. The maximum absolute atomic E-state index is 11.8. The van der Waals surface area contributed by atoms with Crippen molar-refractivity contribution in [2.45, 2.75) is 26.3 Å². The fourth-order valence-corrected chi connectivity index (χ4v) is 1.57. The molecule has 0 radical (unpaired) electrons. The lowest BCUT2D eigenvalue weighted by atomic mass is 10.2. The molecule has 1 saturated heterocycles. The minimum absolute atomic E-state index is 0.239. The molecule has 0 saturated carbocycles. The van der Waals surface area contributed by atoms with E-state index >= 15 is 0 Å². The summed E-state index contributed by atoms with van der Waals surface area (Å²) >= 11 is 0. The van der Waals surface area contributed by atoms with Crippen molar-refractivity contribution in [2.75, 3.05) is 39.8 Å². The monoisotopic (exact) mass is 213 g/mol. The number of carbonyl (C=O) groups excluding carboxylic acids is 1. The van der Waals surface area contributed by atoms with Crippen molar-refractivity contribution in [2.24, 2.45) is 0 Å². The zero-order valence-corrected chi connectivity index (χ0v) is 10.1. The second-order valence-electron chi connectivity index (χ2n) is 4.37. The summed E-state index contributed by atoms with van der Waals surface area (Å²) in [6, 6.07) is 0.432. The van der Waals surface area contributed by atoms with E-state index in [1.165, 1.54) is 0 Å². The van der Waals surface area contributed by atoms with Gasteiger partial charge in [-0.15, -0.1) is 0 Å². The van der Waals surface area contributed by atoms with Crippen molar-refractivity contribution in [3.8, 4) is 0 Å². The smallest absolute Gasteiger partial charge is 0.236 e. The fraction of sp³-hybridized carbons (Fsp3) is 0.909. The van der Waals surface area contributed by atoms with Crippen LogP contribution in [0.2, 0.25) is 0 Å². The summed E-state index contributed by atoms with van der Waals surface area (Å²) in [7, 11) is 2.10. The molecule has 0 aliphatic carbocycles. The highest BCUT2D eigenvalue weighted by Gasteiger charge is 2.18. The molecule has 88 valence electrons. The summed E-state index contributed by atoms with van der Waals surface area (Å²) in [5.41, 5.74) is 0. The lowest BCUT2D eigenvalue weighted by Crippen LogP contribution is -2.50. The number of amides is 1. The van der Waals surface area contributed by atoms with Gasteiger partial charge in [0.2, 0.25) is 5.91 Å². The summed E-state index contributed by atoms with van der Waals surface area (Å²) < 4.78 is 0. The predicted octanol–water partition coefficient (Wildman–Crippen LogP) is 0.149. The Bertz CT molecular complexity index is 200. The van der Waals surface area contributed by atoms with E-state index in [4.69, 9.17) is 0 Å². The van der Waals surface area contributed by atoms with Gasteiger partial charge >= 0.3 is 0 Å². The summed E-state index contributed by atoms with van der Waals surface area (Å²) in [6.07, 6.45) is 1.07. The molecule has 0 spiro atoms. The van der Waals surface area contributed by atoms with Gasteiger partial charge in [-0.05, 0) is 20.4 Å². The molecule has 0 bridgehead atoms. The van der Waals surface area contributed by atoms with Crippen molar-refractivity contribution in [1.29, 1.82) is 0 Å². The molecule has 1 fully saturated rings. The van der Waals surface area contributed by atoms with Gasteiger partial charge in [0.05, 0.1) is 6.54 Å². The molecular weight excluding hydrogens is 190 g/mol. The zero-order valence-electron chi connectivity index (χ0n) is 10.1. The molecule has 1 atom stereocenters. The van der Waals surface area contributed by atoms with Gasteiger partial charge in [0.1, 0.15) is 0 Å². The Balaban J connectivity index is 2.22. The standard InChI is InChI=1S/C11H23N3O/c1-4-10(2)12-9-11(15)14-7-5-13(3)6-8-14/h10,12H,4-9H2,1-3H3/t10-/m1/s1. The van der Waals surface area contributed by atoms with Crippen LogP contribution in [0.25, 0.3) is 0 Å². The largest absolute Gasteiger partial charge is 0.339 e. The Morgan fingerprint density at radius 1 is 1.33 bits per heavy atom. The molecule has 1 aliphatic heterocycles. The average Bonchev–Trinajstić information content (AvgIpc) is 2.26. The van der Waals surface area contributed by atoms with Crippen molar-refractivity contribution in [3.63, 3.8) is 0 Å². The molecule has 4 heteroatoms. The molecule has 0 aromatic rings. The lowest BCUT2D eigenvalue weighted by Gasteiger charge is -2.32. The Morgan fingerprint density at radius 2 is 1.93 bits per heavy atom. The van der Waals surface area contributed by atoms with E-state index in [0.29, 0.717) is 12.6 Å². The van der Waals surface area contributed by atoms with Crippen LogP contribution < -0.4 is 5.32 Å². The van der Waals surface area contributed by atoms with Gasteiger partial charge in [0, 0.05) is 32.2 Å². The zero-order chi connectivity index (χ0) is 11.3. The molecule has 1 rings (SSSR count). The van der Waals surface area contributed by atoms with Crippen LogP contribution in [-0.2, 0) is 4.79 Å². The van der Waals surface area contributed by atoms with E-state index in [0.717, 1.165) is 32.6 Å². The van der Waals surface area contributed by atoms with E-state index in [1.807, 2.05) is 4.90 Å². The van der Waals surface area contributed by atoms with Crippen molar-refractivity contribution >= 4 is 5.91 Å². The minimum atomic E-state index is 0.239. The Kier molecular flexibility index (Phi) is 5.05. The lowest BCUT2D eigenvalue weighted by molar-refractivity contribution is -0.131. The third kappa shape index (κ3) is 4.18. The van der Waals surface area contributed by atoms with Gasteiger partial charge in [-0.25, -0.2) is 0 Å². The Morgan fingerprint density at radius 3 is 2.47 bits per heavy atom. The number of rotatable bonds is 4. The molecule has 0 unspecified atom stereocenters. The van der Waals surface area contributed by atoms with Gasteiger partial charge in [0.15, 0.2) is 0 Å². The molecule has 4 nitrogen and oxygen atoms in total. The van der Waals surface area contributed by atoms with Gasteiger partial charge in [0.25, 0.3) is 0 Å². The van der Waals surface area contributed by atoms with E-state index in [2.05, 4.69) is 31.1 Å². The molecule has 1 heterocycles. The molecule has 1 aliphatic rings. The maximum atomic E-state index is 11.8. The first kappa shape index (κ1) is 12.5. The molecule has 15 heavy (non-hydrogen) atoms. The van der Waals surface area contributed by atoms with E-state index in [1.54, 1.807) is 0 Å². The van der Waals surface area contributed by atoms with Crippen LogP contribution in [0, 0.1) is 0 Å². The molecule has 1 amide bonds. The van der Waals surface area contributed by atoms with Crippen molar-refractivity contribution < 1.29 is 4.79 Å². The topological polar surface area (TPSA) is 35.6 Å². The summed E-state index contributed by atoms with van der Waals surface area (Å²) in [4.78, 5) is 16.0. The van der Waals surface area contributed by atoms with Crippen LogP contribution in [0.15, 0.2) is 0 Å². The van der Waals surface area contributed by atoms with E-state index in [-0.39, 0.29) is 5.91 Å². The second kappa shape index (κ2) is 6.08. The third-order valence-corrected chi connectivity index (χ3v) is 3.07. The number of hydrogen-bond acceptors (Lipinski definition) is 3. The van der Waals surface area contributed by atoms with Gasteiger partial charge in [-0.1, -0.05) is 6.92 Å². The minimum Gasteiger partial charge on any atom is -0.339 e. The first-order chi connectivity index (χ1) is 7.13. The SMILES string of the molecule is CC[C@@H](C)NCC(=O)N1CCN(C)CC1. The first-order valence-corrected chi connectivity index (χ1v) is 5.83. The van der Waals surface area contributed by atoms with Crippen LogP contribution in [-0.4, -0.2) is 61.5 Å². The third-order valence-electron chi connectivity index (χ3n) is 3.07.